The SMILES string of the molecule is CCNS(=O)(=O)c1ccc(C(=O)OCC(=O)N2CCC(C)Sc3ccccc32)cc1. The minimum Gasteiger partial charge on any atom is -0.452 e. The van der Waals surface area contributed by atoms with Gasteiger partial charge in [-0.3, -0.25) is 4.79 Å². The topological polar surface area (TPSA) is 92.8 Å². The first-order valence-corrected chi connectivity index (χ1v) is 12.0. The minimum absolute atomic E-state index is 0.0600. The van der Waals surface area contributed by atoms with Gasteiger partial charge in [0.2, 0.25) is 10.0 Å². The van der Waals surface area contributed by atoms with Crippen LogP contribution in [0, 0.1) is 0 Å². The number of fused-ring (bicyclic) bond motifs is 1. The fourth-order valence-electron chi connectivity index (χ4n) is 3.08. The van der Waals surface area contributed by atoms with Gasteiger partial charge >= 0.3 is 5.97 Å². The van der Waals surface area contributed by atoms with Crippen LogP contribution in [0.1, 0.15) is 30.6 Å². The van der Waals surface area contributed by atoms with Crippen LogP contribution in [0.3, 0.4) is 0 Å². The van der Waals surface area contributed by atoms with Gasteiger partial charge in [0.05, 0.1) is 16.1 Å². The maximum atomic E-state index is 12.8. The third-order valence-corrected chi connectivity index (χ3v) is 7.40. The smallest absolute Gasteiger partial charge is 0.338 e. The fourth-order valence-corrected chi connectivity index (χ4v) is 5.23. The molecule has 7 nitrogen and oxygen atoms in total. The average molecular weight is 449 g/mol. The quantitative estimate of drug-likeness (QED) is 0.683. The van der Waals surface area contributed by atoms with Crippen molar-refractivity contribution < 1.29 is 22.7 Å². The number of ether oxygens (including phenoxy) is 1. The van der Waals surface area contributed by atoms with Crippen molar-refractivity contribution >= 4 is 39.3 Å². The highest BCUT2D eigenvalue weighted by Gasteiger charge is 2.25. The van der Waals surface area contributed by atoms with Gasteiger partial charge in [0.25, 0.3) is 5.91 Å². The van der Waals surface area contributed by atoms with E-state index in [9.17, 15) is 18.0 Å². The number of nitrogens with one attached hydrogen (secondary N) is 1. The number of anilines is 1. The Morgan fingerprint density at radius 2 is 1.87 bits per heavy atom. The highest BCUT2D eigenvalue weighted by atomic mass is 32.2. The Kier molecular flexibility index (Phi) is 7.17. The summed E-state index contributed by atoms with van der Waals surface area (Å²) in [5, 5.41) is 0.378. The van der Waals surface area contributed by atoms with Crippen LogP contribution >= 0.6 is 11.8 Å². The van der Waals surface area contributed by atoms with Gasteiger partial charge in [-0.1, -0.05) is 26.0 Å². The Bertz CT molecular complexity index is 1020. The second kappa shape index (κ2) is 9.63. The van der Waals surface area contributed by atoms with E-state index in [1.165, 1.54) is 24.3 Å². The van der Waals surface area contributed by atoms with E-state index >= 15 is 0 Å². The van der Waals surface area contributed by atoms with E-state index in [-0.39, 0.29) is 29.5 Å². The van der Waals surface area contributed by atoms with E-state index in [0.29, 0.717) is 11.8 Å². The highest BCUT2D eigenvalue weighted by molar-refractivity contribution is 8.00. The molecule has 1 aliphatic heterocycles. The predicted octanol–water partition coefficient (Wildman–Crippen LogP) is 3.06. The summed E-state index contributed by atoms with van der Waals surface area (Å²) in [6.07, 6.45) is 0.834. The Hall–Kier alpha value is -2.36. The fraction of sp³-hybridized carbons (Fsp3) is 0.333. The monoisotopic (exact) mass is 448 g/mol. The number of carbonyl (C=O) groups excluding carboxylic acids is 2. The van der Waals surface area contributed by atoms with Gasteiger partial charge < -0.3 is 9.64 Å². The molecule has 2 aromatic rings. The molecule has 30 heavy (non-hydrogen) atoms. The van der Waals surface area contributed by atoms with Crippen LogP contribution in [-0.2, 0) is 19.6 Å². The molecule has 0 bridgehead atoms. The highest BCUT2D eigenvalue weighted by Crippen LogP contribution is 2.37. The number of amides is 1. The number of benzene rings is 2. The van der Waals surface area contributed by atoms with Crippen molar-refractivity contribution in [2.45, 2.75) is 35.3 Å². The van der Waals surface area contributed by atoms with Gasteiger partial charge in [-0.25, -0.2) is 17.9 Å². The lowest BCUT2D eigenvalue weighted by Gasteiger charge is -2.22. The van der Waals surface area contributed by atoms with Crippen molar-refractivity contribution in [1.29, 1.82) is 0 Å². The molecule has 9 heteroatoms. The molecule has 0 aliphatic carbocycles. The molecular formula is C21H24N2O5S2. The van der Waals surface area contributed by atoms with Crippen LogP contribution in [0.15, 0.2) is 58.3 Å². The molecule has 1 N–H and O–H groups in total. The largest absolute Gasteiger partial charge is 0.452 e. The number of para-hydroxylation sites is 1. The van der Waals surface area contributed by atoms with E-state index in [1.54, 1.807) is 23.6 Å². The van der Waals surface area contributed by atoms with Gasteiger partial charge in [0.15, 0.2) is 6.61 Å². The first-order valence-electron chi connectivity index (χ1n) is 9.64. The molecule has 0 radical (unpaired) electrons. The van der Waals surface area contributed by atoms with Crippen molar-refractivity contribution in [3.63, 3.8) is 0 Å². The molecule has 2 aromatic carbocycles. The number of carbonyl (C=O) groups is 2. The van der Waals surface area contributed by atoms with Crippen LogP contribution in [0.25, 0.3) is 0 Å². The molecule has 0 aromatic heterocycles. The Labute approximate surface area is 180 Å². The van der Waals surface area contributed by atoms with Crippen molar-refractivity contribution in [1.82, 2.24) is 4.72 Å². The number of rotatable bonds is 6. The lowest BCUT2D eigenvalue weighted by molar-refractivity contribution is -0.121. The van der Waals surface area contributed by atoms with E-state index < -0.39 is 16.0 Å². The maximum Gasteiger partial charge on any atom is 0.338 e. The zero-order valence-corrected chi connectivity index (χ0v) is 18.5. The van der Waals surface area contributed by atoms with Crippen molar-refractivity contribution in [3.05, 3.63) is 54.1 Å². The van der Waals surface area contributed by atoms with Crippen LogP contribution in [-0.4, -0.2) is 45.2 Å². The summed E-state index contributed by atoms with van der Waals surface area (Å²) in [6.45, 7) is 4.24. The number of hydrogen-bond donors (Lipinski definition) is 1. The summed E-state index contributed by atoms with van der Waals surface area (Å²) in [6, 6.07) is 13.1. The third-order valence-electron chi connectivity index (χ3n) is 4.61. The number of esters is 1. The van der Waals surface area contributed by atoms with Crippen molar-refractivity contribution in [2.24, 2.45) is 0 Å². The van der Waals surface area contributed by atoms with Crippen LogP contribution < -0.4 is 9.62 Å². The molecule has 0 saturated heterocycles. The number of hydrogen-bond acceptors (Lipinski definition) is 6. The third kappa shape index (κ3) is 5.21. The van der Waals surface area contributed by atoms with Crippen LogP contribution in [0.4, 0.5) is 5.69 Å². The molecule has 0 spiro atoms. The summed E-state index contributed by atoms with van der Waals surface area (Å²) in [4.78, 5) is 27.8. The Balaban J connectivity index is 1.65. The molecule has 0 fully saturated rings. The number of sulfonamides is 1. The zero-order valence-electron chi connectivity index (χ0n) is 16.8. The van der Waals surface area contributed by atoms with E-state index in [2.05, 4.69) is 11.6 Å². The first-order chi connectivity index (χ1) is 14.3. The van der Waals surface area contributed by atoms with Crippen LogP contribution in [0.2, 0.25) is 0 Å². The van der Waals surface area contributed by atoms with Crippen molar-refractivity contribution in [2.75, 3.05) is 24.6 Å². The summed E-state index contributed by atoms with van der Waals surface area (Å²) < 4.78 is 31.5. The van der Waals surface area contributed by atoms with Gasteiger partial charge in [-0.05, 0) is 42.8 Å². The zero-order chi connectivity index (χ0) is 21.7. The Morgan fingerprint density at radius 3 is 2.57 bits per heavy atom. The lowest BCUT2D eigenvalue weighted by Crippen LogP contribution is -2.35. The molecule has 3 rings (SSSR count). The Morgan fingerprint density at radius 1 is 1.17 bits per heavy atom. The first kappa shape index (κ1) is 22.3. The van der Waals surface area contributed by atoms with Gasteiger partial charge in [-0.15, -0.1) is 11.8 Å². The predicted molar refractivity (Wildman–Crippen MR) is 116 cm³/mol. The standard InChI is InChI=1S/C21H24N2O5S2/c1-3-22-30(26,27)17-10-8-16(9-11-17)21(25)28-14-20(24)23-13-12-15(2)29-19-7-5-4-6-18(19)23/h4-11,15,22H,3,12-14H2,1-2H3. The summed E-state index contributed by atoms with van der Waals surface area (Å²) >= 11 is 1.73. The van der Waals surface area contributed by atoms with Crippen molar-refractivity contribution in [3.8, 4) is 0 Å². The molecular weight excluding hydrogens is 424 g/mol. The molecule has 0 saturated carbocycles. The molecule has 1 amide bonds. The molecule has 1 unspecified atom stereocenters. The lowest BCUT2D eigenvalue weighted by atomic mass is 10.2. The van der Waals surface area contributed by atoms with E-state index in [0.717, 1.165) is 17.0 Å². The number of nitrogens with zero attached hydrogens (tertiary/aromatic N) is 1. The van der Waals surface area contributed by atoms with Gasteiger partial charge in [0.1, 0.15) is 0 Å². The molecule has 1 heterocycles. The molecule has 1 atom stereocenters. The normalized spacial score (nSPS) is 16.5. The average Bonchev–Trinajstić information content (AvgIpc) is 2.90. The van der Waals surface area contributed by atoms with Crippen LogP contribution in [0.5, 0.6) is 0 Å². The molecule has 160 valence electrons. The summed E-state index contributed by atoms with van der Waals surface area (Å²) in [7, 11) is -3.59. The summed E-state index contributed by atoms with van der Waals surface area (Å²) in [5.74, 6) is -0.974. The van der Waals surface area contributed by atoms with Gasteiger partial charge in [0, 0.05) is 23.2 Å². The number of thioether (sulfide) groups is 1. The van der Waals surface area contributed by atoms with Gasteiger partial charge in [-0.2, -0.15) is 0 Å². The maximum absolute atomic E-state index is 12.8. The second-order valence-electron chi connectivity index (χ2n) is 6.83. The minimum atomic E-state index is -3.59. The van der Waals surface area contributed by atoms with E-state index in [1.807, 2.05) is 24.3 Å². The molecule has 1 aliphatic rings. The van der Waals surface area contributed by atoms with E-state index in [4.69, 9.17) is 4.74 Å². The summed E-state index contributed by atoms with van der Waals surface area (Å²) in [5.41, 5.74) is 1.00. The second-order valence-corrected chi connectivity index (χ2v) is 10.1.